The van der Waals surface area contributed by atoms with Crippen LogP contribution in [-0.2, 0) is 0 Å². The van der Waals surface area contributed by atoms with E-state index in [0.29, 0.717) is 5.65 Å². The minimum Gasteiger partial charge on any atom is -0.477 e. The summed E-state index contributed by atoms with van der Waals surface area (Å²) < 4.78 is 1.26. The van der Waals surface area contributed by atoms with E-state index in [-0.39, 0.29) is 5.56 Å². The molecule has 5 heteroatoms. The Labute approximate surface area is 113 Å². The second kappa shape index (κ2) is 4.62. The van der Waals surface area contributed by atoms with Crippen molar-refractivity contribution in [2.75, 3.05) is 0 Å². The third-order valence-corrected chi connectivity index (χ3v) is 3.04. The van der Waals surface area contributed by atoms with Crippen molar-refractivity contribution < 1.29 is 9.90 Å². The largest absolute Gasteiger partial charge is 0.477 e. The van der Waals surface area contributed by atoms with E-state index in [1.54, 1.807) is 12.3 Å². The molecule has 3 aromatic rings. The standard InChI is InChI=1S/C15H10N2O3/c18-14-12(15(19)20)8-16-13-7-6-11(9-17(13)14)10-4-2-1-3-5-10/h1-9H,(H,19,20). The molecule has 0 unspecified atom stereocenters. The quantitative estimate of drug-likeness (QED) is 0.770. The third-order valence-electron chi connectivity index (χ3n) is 3.04. The van der Waals surface area contributed by atoms with E-state index in [4.69, 9.17) is 5.11 Å². The number of benzene rings is 1. The van der Waals surface area contributed by atoms with E-state index in [1.165, 1.54) is 4.40 Å². The Morgan fingerprint density at radius 1 is 1.05 bits per heavy atom. The van der Waals surface area contributed by atoms with Crippen molar-refractivity contribution in [3.8, 4) is 11.1 Å². The Bertz CT molecular complexity index is 854. The van der Waals surface area contributed by atoms with E-state index in [9.17, 15) is 9.59 Å². The van der Waals surface area contributed by atoms with Gasteiger partial charge in [0.05, 0.1) is 0 Å². The van der Waals surface area contributed by atoms with Gasteiger partial charge in [0.2, 0.25) is 0 Å². The Morgan fingerprint density at radius 2 is 1.80 bits per heavy atom. The van der Waals surface area contributed by atoms with Crippen molar-refractivity contribution in [2.24, 2.45) is 0 Å². The van der Waals surface area contributed by atoms with Crippen LogP contribution in [0.5, 0.6) is 0 Å². The van der Waals surface area contributed by atoms with Crippen molar-refractivity contribution in [1.82, 2.24) is 9.38 Å². The van der Waals surface area contributed by atoms with E-state index in [2.05, 4.69) is 4.98 Å². The number of aromatic carboxylic acids is 1. The van der Waals surface area contributed by atoms with Crippen molar-refractivity contribution in [3.05, 3.63) is 70.8 Å². The summed E-state index contributed by atoms with van der Waals surface area (Å²) in [5.41, 5.74) is 1.26. The minimum absolute atomic E-state index is 0.340. The van der Waals surface area contributed by atoms with E-state index >= 15 is 0 Å². The molecular formula is C15H10N2O3. The first-order valence-corrected chi connectivity index (χ1v) is 5.97. The first-order valence-electron chi connectivity index (χ1n) is 5.97. The van der Waals surface area contributed by atoms with Gasteiger partial charge < -0.3 is 5.11 Å². The highest BCUT2D eigenvalue weighted by molar-refractivity contribution is 5.87. The zero-order chi connectivity index (χ0) is 14.1. The van der Waals surface area contributed by atoms with Crippen LogP contribution < -0.4 is 5.56 Å². The molecule has 0 spiro atoms. The average molecular weight is 266 g/mol. The zero-order valence-corrected chi connectivity index (χ0v) is 10.4. The molecule has 0 amide bonds. The molecule has 2 heterocycles. The maximum atomic E-state index is 12.1. The maximum Gasteiger partial charge on any atom is 0.342 e. The van der Waals surface area contributed by atoms with Gasteiger partial charge in [-0.2, -0.15) is 0 Å². The molecule has 0 bridgehead atoms. The Hall–Kier alpha value is -2.95. The first-order chi connectivity index (χ1) is 9.66. The zero-order valence-electron chi connectivity index (χ0n) is 10.4. The van der Waals surface area contributed by atoms with Crippen LogP contribution in [0, 0.1) is 0 Å². The number of fused-ring (bicyclic) bond motifs is 1. The summed E-state index contributed by atoms with van der Waals surface area (Å²) in [5, 5.41) is 8.96. The SMILES string of the molecule is O=C(O)c1cnc2ccc(-c3ccccc3)cn2c1=O. The molecule has 0 fully saturated rings. The van der Waals surface area contributed by atoms with Crippen molar-refractivity contribution in [1.29, 1.82) is 0 Å². The van der Waals surface area contributed by atoms with Gasteiger partial charge in [0.15, 0.2) is 0 Å². The number of carbonyl (C=O) groups is 1. The number of pyridine rings is 1. The van der Waals surface area contributed by atoms with Crippen molar-refractivity contribution >= 4 is 11.6 Å². The van der Waals surface area contributed by atoms with Gasteiger partial charge >= 0.3 is 5.97 Å². The molecular weight excluding hydrogens is 256 g/mol. The summed E-state index contributed by atoms with van der Waals surface area (Å²) in [6, 6.07) is 13.1. The minimum atomic E-state index is -1.28. The number of rotatable bonds is 2. The van der Waals surface area contributed by atoms with Gasteiger partial charge in [0.25, 0.3) is 5.56 Å². The van der Waals surface area contributed by atoms with Crippen LogP contribution in [0.4, 0.5) is 0 Å². The molecule has 98 valence electrons. The first kappa shape index (κ1) is 12.1. The van der Waals surface area contributed by atoms with Gasteiger partial charge in [-0.25, -0.2) is 9.78 Å². The van der Waals surface area contributed by atoms with Gasteiger partial charge in [0.1, 0.15) is 11.2 Å². The lowest BCUT2D eigenvalue weighted by Crippen LogP contribution is -2.22. The molecule has 5 nitrogen and oxygen atoms in total. The van der Waals surface area contributed by atoms with Gasteiger partial charge in [-0.05, 0) is 23.3 Å². The Balaban J connectivity index is 2.27. The molecule has 0 aliphatic rings. The van der Waals surface area contributed by atoms with Crippen molar-refractivity contribution in [3.63, 3.8) is 0 Å². The molecule has 0 aliphatic heterocycles. The fourth-order valence-corrected chi connectivity index (χ4v) is 2.02. The lowest BCUT2D eigenvalue weighted by atomic mass is 10.1. The molecule has 20 heavy (non-hydrogen) atoms. The maximum absolute atomic E-state index is 12.1. The number of hydrogen-bond acceptors (Lipinski definition) is 3. The van der Waals surface area contributed by atoms with Crippen LogP contribution in [0.1, 0.15) is 10.4 Å². The summed E-state index contributed by atoms with van der Waals surface area (Å²) in [4.78, 5) is 27.0. The monoisotopic (exact) mass is 266 g/mol. The highest BCUT2D eigenvalue weighted by Gasteiger charge is 2.11. The molecule has 1 aromatic carbocycles. The van der Waals surface area contributed by atoms with Crippen LogP contribution in [-0.4, -0.2) is 20.5 Å². The summed E-state index contributed by atoms with van der Waals surface area (Å²) in [6.45, 7) is 0. The van der Waals surface area contributed by atoms with Gasteiger partial charge in [-0.3, -0.25) is 9.20 Å². The van der Waals surface area contributed by atoms with Gasteiger partial charge in [0, 0.05) is 12.4 Å². The average Bonchev–Trinajstić information content (AvgIpc) is 2.48. The second-order valence-electron chi connectivity index (χ2n) is 4.29. The summed E-state index contributed by atoms with van der Waals surface area (Å²) >= 11 is 0. The van der Waals surface area contributed by atoms with Crippen LogP contribution in [0.15, 0.2) is 59.7 Å². The second-order valence-corrected chi connectivity index (χ2v) is 4.29. The molecule has 0 aliphatic carbocycles. The van der Waals surface area contributed by atoms with Crippen molar-refractivity contribution in [2.45, 2.75) is 0 Å². The topological polar surface area (TPSA) is 71.7 Å². The van der Waals surface area contributed by atoms with Gasteiger partial charge in [-0.1, -0.05) is 30.3 Å². The van der Waals surface area contributed by atoms with Gasteiger partial charge in [-0.15, -0.1) is 0 Å². The summed E-state index contributed by atoms with van der Waals surface area (Å²) in [6.07, 6.45) is 2.69. The number of aromatic nitrogens is 2. The lowest BCUT2D eigenvalue weighted by molar-refractivity contribution is 0.0694. The van der Waals surface area contributed by atoms with Crippen LogP contribution in [0.2, 0.25) is 0 Å². The highest BCUT2D eigenvalue weighted by atomic mass is 16.4. The number of nitrogens with zero attached hydrogens (tertiary/aromatic N) is 2. The fourth-order valence-electron chi connectivity index (χ4n) is 2.02. The summed E-state index contributed by atoms with van der Waals surface area (Å²) in [7, 11) is 0. The lowest BCUT2D eigenvalue weighted by Gasteiger charge is -2.05. The molecule has 2 aromatic heterocycles. The van der Waals surface area contributed by atoms with Crippen LogP contribution >= 0.6 is 0 Å². The predicted octanol–water partition coefficient (Wildman–Crippen LogP) is 2.06. The van der Waals surface area contributed by atoms with E-state index in [1.807, 2.05) is 36.4 Å². The van der Waals surface area contributed by atoms with E-state index < -0.39 is 11.5 Å². The number of hydrogen-bond donors (Lipinski definition) is 1. The molecule has 3 rings (SSSR count). The molecule has 1 N–H and O–H groups in total. The Morgan fingerprint density at radius 3 is 2.50 bits per heavy atom. The highest BCUT2D eigenvalue weighted by Crippen LogP contribution is 2.18. The molecule has 0 radical (unpaired) electrons. The molecule has 0 atom stereocenters. The number of carboxylic acids is 1. The van der Waals surface area contributed by atoms with E-state index in [0.717, 1.165) is 17.3 Å². The normalized spacial score (nSPS) is 10.6. The Kier molecular flexibility index (Phi) is 2.80. The third kappa shape index (κ3) is 1.95. The number of carboxylic acid groups (broad SMARTS) is 1. The predicted molar refractivity (Wildman–Crippen MR) is 73.9 cm³/mol. The molecule has 0 saturated carbocycles. The van der Waals surface area contributed by atoms with Crippen LogP contribution in [0.25, 0.3) is 16.8 Å². The smallest absolute Gasteiger partial charge is 0.342 e. The van der Waals surface area contributed by atoms with Crippen LogP contribution in [0.3, 0.4) is 0 Å². The summed E-state index contributed by atoms with van der Waals surface area (Å²) in [5.74, 6) is -1.28. The molecule has 0 saturated heterocycles. The fraction of sp³-hybridized carbons (Fsp3) is 0.